The van der Waals surface area contributed by atoms with Crippen molar-refractivity contribution in [1.82, 2.24) is 0 Å². The molecule has 0 fully saturated rings. The van der Waals surface area contributed by atoms with Crippen LogP contribution in [0, 0.1) is 11.6 Å². The van der Waals surface area contributed by atoms with Gasteiger partial charge in [-0.3, -0.25) is 0 Å². The summed E-state index contributed by atoms with van der Waals surface area (Å²) in [5.74, 6) is -1.21. The Bertz CT molecular complexity index is 271. The van der Waals surface area contributed by atoms with Gasteiger partial charge in [0.15, 0.2) is 0 Å². The van der Waals surface area contributed by atoms with Crippen molar-refractivity contribution in [3.05, 3.63) is 40.4 Å². The Labute approximate surface area is 71.7 Å². The van der Waals surface area contributed by atoms with Crippen molar-refractivity contribution in [2.45, 2.75) is 0 Å². The zero-order valence-electron chi connectivity index (χ0n) is 5.57. The van der Waals surface area contributed by atoms with Crippen molar-refractivity contribution in [1.29, 1.82) is 0 Å². The third-order valence-corrected chi connectivity index (χ3v) is 1.71. The average molecular weight is 219 g/mol. The molecule has 1 rings (SSSR count). The molecule has 0 saturated carbocycles. The lowest BCUT2D eigenvalue weighted by atomic mass is 10.2. The molecule has 0 aromatic heterocycles. The first-order chi connectivity index (χ1) is 5.15. The molecule has 3 heteroatoms. The zero-order chi connectivity index (χ0) is 8.43. The summed E-state index contributed by atoms with van der Waals surface area (Å²) in [5.41, 5.74) is -0.0896. The predicted molar refractivity (Wildman–Crippen MR) is 44.1 cm³/mol. The first-order valence-corrected chi connectivity index (χ1v) is 3.71. The lowest BCUT2D eigenvalue weighted by molar-refractivity contribution is 0.577. The molecule has 0 spiro atoms. The summed E-state index contributed by atoms with van der Waals surface area (Å²) in [6.07, 6.45) is 1.15. The molecule has 0 atom stereocenters. The van der Waals surface area contributed by atoms with Crippen LogP contribution in [0.3, 0.4) is 0 Å². The molecule has 0 bridgehead atoms. The Morgan fingerprint density at radius 2 is 1.73 bits per heavy atom. The van der Waals surface area contributed by atoms with Crippen LogP contribution in [0.1, 0.15) is 5.56 Å². The smallest absolute Gasteiger partial charge is 0.134 e. The normalized spacial score (nSPS) is 9.73. The third kappa shape index (κ3) is 1.66. The minimum atomic E-state index is -0.605. The topological polar surface area (TPSA) is 0 Å². The van der Waals surface area contributed by atoms with Crippen molar-refractivity contribution in [2.24, 2.45) is 0 Å². The minimum absolute atomic E-state index is 0.0896. The summed E-state index contributed by atoms with van der Waals surface area (Å²) in [4.78, 5) is 0. The van der Waals surface area contributed by atoms with Gasteiger partial charge in [0, 0.05) is 10.0 Å². The highest BCUT2D eigenvalue weighted by molar-refractivity contribution is 9.10. The zero-order valence-corrected chi connectivity index (χ0v) is 7.16. The van der Waals surface area contributed by atoms with E-state index in [0.29, 0.717) is 4.47 Å². The van der Waals surface area contributed by atoms with Gasteiger partial charge in [0.1, 0.15) is 11.6 Å². The monoisotopic (exact) mass is 218 g/mol. The summed E-state index contributed by atoms with van der Waals surface area (Å²) in [7, 11) is 0. The molecule has 0 aliphatic heterocycles. The lowest BCUT2D eigenvalue weighted by Gasteiger charge is -1.98. The van der Waals surface area contributed by atoms with E-state index in [0.717, 1.165) is 6.08 Å². The molecule has 0 saturated heterocycles. The molecule has 0 radical (unpaired) electrons. The molecule has 0 heterocycles. The maximum atomic E-state index is 12.8. The summed E-state index contributed by atoms with van der Waals surface area (Å²) in [6.45, 7) is 3.29. The van der Waals surface area contributed by atoms with Gasteiger partial charge in [-0.05, 0) is 12.1 Å². The second-order valence-corrected chi connectivity index (χ2v) is 2.90. The third-order valence-electron chi connectivity index (χ3n) is 1.25. The van der Waals surface area contributed by atoms with Crippen LogP contribution in [0.15, 0.2) is 23.2 Å². The van der Waals surface area contributed by atoms with Crippen LogP contribution >= 0.6 is 15.9 Å². The Balaban J connectivity index is 3.36. The molecule has 0 amide bonds. The highest BCUT2D eigenvalue weighted by Crippen LogP contribution is 2.19. The van der Waals surface area contributed by atoms with Gasteiger partial charge in [0.2, 0.25) is 0 Å². The number of rotatable bonds is 1. The van der Waals surface area contributed by atoms with E-state index in [2.05, 4.69) is 22.5 Å². The van der Waals surface area contributed by atoms with E-state index in [1.165, 1.54) is 12.1 Å². The van der Waals surface area contributed by atoms with Crippen molar-refractivity contribution < 1.29 is 8.78 Å². The molecule has 0 unspecified atom stereocenters. The number of benzene rings is 1. The molecule has 11 heavy (non-hydrogen) atoms. The highest BCUT2D eigenvalue weighted by atomic mass is 79.9. The van der Waals surface area contributed by atoms with Crippen LogP contribution in [-0.2, 0) is 0 Å². The van der Waals surface area contributed by atoms with E-state index in [1.807, 2.05) is 0 Å². The molecule has 1 aromatic carbocycles. The Hall–Kier alpha value is -0.700. The van der Waals surface area contributed by atoms with Crippen LogP contribution in [0.25, 0.3) is 6.08 Å². The lowest BCUT2D eigenvalue weighted by Crippen LogP contribution is -1.87. The summed E-state index contributed by atoms with van der Waals surface area (Å²) < 4.78 is 25.9. The van der Waals surface area contributed by atoms with E-state index in [9.17, 15) is 8.78 Å². The van der Waals surface area contributed by atoms with Crippen LogP contribution in [-0.4, -0.2) is 0 Å². The van der Waals surface area contributed by atoms with Crippen molar-refractivity contribution >= 4 is 22.0 Å². The molecule has 0 N–H and O–H groups in total. The molecule has 58 valence electrons. The fourth-order valence-corrected chi connectivity index (χ4v) is 1.15. The van der Waals surface area contributed by atoms with Crippen LogP contribution in [0.2, 0.25) is 0 Å². The quantitative estimate of drug-likeness (QED) is 0.679. The number of hydrogen-bond acceptors (Lipinski definition) is 0. The Morgan fingerprint density at radius 1 is 1.27 bits per heavy atom. The average Bonchev–Trinajstić information content (AvgIpc) is 1.85. The van der Waals surface area contributed by atoms with Gasteiger partial charge >= 0.3 is 0 Å². The van der Waals surface area contributed by atoms with Crippen molar-refractivity contribution in [3.8, 4) is 0 Å². The molecule has 0 aliphatic carbocycles. The Kier molecular flexibility index (Phi) is 2.39. The van der Waals surface area contributed by atoms with Crippen molar-refractivity contribution in [2.75, 3.05) is 0 Å². The van der Waals surface area contributed by atoms with Gasteiger partial charge in [0.05, 0.1) is 0 Å². The first-order valence-electron chi connectivity index (χ1n) is 2.92. The largest absolute Gasteiger partial charge is 0.206 e. The van der Waals surface area contributed by atoms with Crippen LogP contribution in [0.5, 0.6) is 0 Å². The minimum Gasteiger partial charge on any atom is -0.206 e. The van der Waals surface area contributed by atoms with E-state index < -0.39 is 11.6 Å². The standard InChI is InChI=1S/C8H5BrF2/c1-2-6-7(10)3-5(9)4-8(6)11/h2-4H,1H2. The summed E-state index contributed by atoms with van der Waals surface area (Å²) >= 11 is 2.96. The van der Waals surface area contributed by atoms with Gasteiger partial charge in [-0.2, -0.15) is 0 Å². The van der Waals surface area contributed by atoms with Gasteiger partial charge < -0.3 is 0 Å². The van der Waals surface area contributed by atoms with E-state index >= 15 is 0 Å². The number of hydrogen-bond donors (Lipinski definition) is 0. The Morgan fingerprint density at radius 3 is 2.09 bits per heavy atom. The summed E-state index contributed by atoms with van der Waals surface area (Å²) in [5, 5.41) is 0. The maximum absolute atomic E-state index is 12.8. The predicted octanol–water partition coefficient (Wildman–Crippen LogP) is 3.37. The van der Waals surface area contributed by atoms with E-state index in [-0.39, 0.29) is 5.56 Å². The van der Waals surface area contributed by atoms with Crippen LogP contribution in [0.4, 0.5) is 8.78 Å². The van der Waals surface area contributed by atoms with E-state index in [4.69, 9.17) is 0 Å². The maximum Gasteiger partial charge on any atom is 0.134 e. The van der Waals surface area contributed by atoms with E-state index in [1.54, 1.807) is 0 Å². The number of halogens is 3. The van der Waals surface area contributed by atoms with Gasteiger partial charge in [-0.1, -0.05) is 28.6 Å². The van der Waals surface area contributed by atoms with Gasteiger partial charge in [-0.15, -0.1) is 0 Å². The summed E-state index contributed by atoms with van der Waals surface area (Å²) in [6, 6.07) is 2.39. The van der Waals surface area contributed by atoms with Crippen LogP contribution < -0.4 is 0 Å². The first kappa shape index (κ1) is 8.40. The molecule has 1 aromatic rings. The second-order valence-electron chi connectivity index (χ2n) is 1.99. The van der Waals surface area contributed by atoms with Gasteiger partial charge in [-0.25, -0.2) is 8.78 Å². The molecular weight excluding hydrogens is 214 g/mol. The van der Waals surface area contributed by atoms with Crippen molar-refractivity contribution in [3.63, 3.8) is 0 Å². The SMILES string of the molecule is C=Cc1c(F)cc(Br)cc1F. The molecule has 0 nitrogen and oxygen atoms in total. The molecular formula is C8H5BrF2. The molecule has 0 aliphatic rings. The second kappa shape index (κ2) is 3.13. The highest BCUT2D eigenvalue weighted by Gasteiger charge is 2.05. The fourth-order valence-electron chi connectivity index (χ4n) is 0.748. The fraction of sp³-hybridized carbons (Fsp3) is 0. The van der Waals surface area contributed by atoms with Gasteiger partial charge in [0.25, 0.3) is 0 Å².